The summed E-state index contributed by atoms with van der Waals surface area (Å²) >= 11 is 0. The van der Waals surface area contributed by atoms with Gasteiger partial charge in [0.1, 0.15) is 0 Å². The number of nitrogens with two attached hydrogens (primary N) is 1. The third-order valence-electron chi connectivity index (χ3n) is 2.69. The van der Waals surface area contributed by atoms with Crippen LogP contribution in [-0.4, -0.2) is 18.0 Å². The fourth-order valence-electron chi connectivity index (χ4n) is 1.74. The van der Waals surface area contributed by atoms with Crippen molar-refractivity contribution in [1.82, 2.24) is 4.98 Å². The van der Waals surface area contributed by atoms with Crippen LogP contribution in [0.5, 0.6) is 0 Å². The van der Waals surface area contributed by atoms with Gasteiger partial charge in [-0.3, -0.25) is 9.78 Å². The van der Waals surface area contributed by atoms with Gasteiger partial charge in [0.25, 0.3) is 5.91 Å². The van der Waals surface area contributed by atoms with Crippen LogP contribution >= 0.6 is 0 Å². The predicted molar refractivity (Wildman–Crippen MR) is 73.5 cm³/mol. The van der Waals surface area contributed by atoms with Crippen molar-refractivity contribution in [2.75, 3.05) is 18.2 Å². The molecule has 98 valence electrons. The summed E-state index contributed by atoms with van der Waals surface area (Å²) in [5.74, 6) is -0.272. The van der Waals surface area contributed by atoms with Crippen molar-refractivity contribution in [2.45, 2.75) is 6.10 Å². The first kappa shape index (κ1) is 13.0. The maximum atomic E-state index is 12.2. The molecule has 1 heterocycles. The first-order valence-electron chi connectivity index (χ1n) is 5.80. The first-order chi connectivity index (χ1) is 9.22. The number of carbonyl (C=O) groups excluding carboxylic acids is 1. The number of anilines is 2. The van der Waals surface area contributed by atoms with E-state index in [9.17, 15) is 4.79 Å². The van der Waals surface area contributed by atoms with Crippen molar-refractivity contribution in [1.29, 1.82) is 0 Å². The lowest BCUT2D eigenvalue weighted by atomic mass is 10.1. The number of nitrogen functional groups attached to an aromatic ring is 1. The topological polar surface area (TPSA) is 77.2 Å². The van der Waals surface area contributed by atoms with Crippen molar-refractivity contribution in [3.05, 3.63) is 54.4 Å². The Labute approximate surface area is 111 Å². The molecule has 0 saturated heterocycles. The summed E-state index contributed by atoms with van der Waals surface area (Å²) < 4.78 is 5.24. The molecule has 3 N–H and O–H groups in total. The monoisotopic (exact) mass is 257 g/mol. The van der Waals surface area contributed by atoms with Gasteiger partial charge in [-0.1, -0.05) is 30.3 Å². The minimum atomic E-state index is -0.672. The number of amides is 1. The zero-order chi connectivity index (χ0) is 13.7. The first-order valence-corrected chi connectivity index (χ1v) is 5.80. The van der Waals surface area contributed by atoms with Crippen LogP contribution in [0.2, 0.25) is 0 Å². The summed E-state index contributed by atoms with van der Waals surface area (Å²) in [4.78, 5) is 16.1. The second kappa shape index (κ2) is 5.97. The normalized spacial score (nSPS) is 11.8. The summed E-state index contributed by atoms with van der Waals surface area (Å²) in [5, 5.41) is 2.73. The molecule has 0 radical (unpaired) electrons. The van der Waals surface area contributed by atoms with E-state index in [1.807, 2.05) is 30.3 Å². The van der Waals surface area contributed by atoms with Crippen molar-refractivity contribution in [3.63, 3.8) is 0 Å². The van der Waals surface area contributed by atoms with Crippen molar-refractivity contribution in [3.8, 4) is 0 Å². The van der Waals surface area contributed by atoms with Crippen LogP contribution in [0.15, 0.2) is 48.8 Å². The molecule has 5 heteroatoms. The van der Waals surface area contributed by atoms with E-state index in [0.717, 1.165) is 5.56 Å². The Morgan fingerprint density at radius 3 is 2.68 bits per heavy atom. The number of rotatable bonds is 4. The maximum absolute atomic E-state index is 12.2. The highest BCUT2D eigenvalue weighted by molar-refractivity contribution is 5.97. The maximum Gasteiger partial charge on any atom is 0.258 e. The molecule has 5 nitrogen and oxygen atoms in total. The van der Waals surface area contributed by atoms with Crippen LogP contribution in [-0.2, 0) is 9.53 Å². The van der Waals surface area contributed by atoms with E-state index in [1.54, 1.807) is 12.3 Å². The van der Waals surface area contributed by atoms with Gasteiger partial charge in [0.15, 0.2) is 6.10 Å². The summed E-state index contributed by atoms with van der Waals surface area (Å²) in [6.45, 7) is 0. The second-order valence-electron chi connectivity index (χ2n) is 3.98. The highest BCUT2D eigenvalue weighted by Gasteiger charge is 2.20. The standard InChI is InChI=1S/C14H15N3O2/c1-19-13(10-5-3-2-4-6-10)14(18)17-12-7-8-16-9-11(12)15/h2-9,13H,15H2,1H3,(H,16,17,18). The molecule has 1 atom stereocenters. The Hall–Kier alpha value is -2.40. The van der Waals surface area contributed by atoms with Gasteiger partial charge < -0.3 is 15.8 Å². The number of hydrogen-bond acceptors (Lipinski definition) is 4. The molecule has 0 aliphatic rings. The quantitative estimate of drug-likeness (QED) is 0.878. The number of nitrogens with zero attached hydrogens (tertiary/aromatic N) is 1. The van der Waals surface area contributed by atoms with Crippen LogP contribution in [0.4, 0.5) is 11.4 Å². The van der Waals surface area contributed by atoms with Gasteiger partial charge in [-0.2, -0.15) is 0 Å². The minimum Gasteiger partial charge on any atom is -0.396 e. The van der Waals surface area contributed by atoms with Gasteiger partial charge in [0.05, 0.1) is 17.6 Å². The van der Waals surface area contributed by atoms with Crippen molar-refractivity contribution < 1.29 is 9.53 Å². The highest BCUT2D eigenvalue weighted by atomic mass is 16.5. The van der Waals surface area contributed by atoms with Crippen LogP contribution in [0.3, 0.4) is 0 Å². The lowest BCUT2D eigenvalue weighted by Crippen LogP contribution is -2.23. The fourth-order valence-corrected chi connectivity index (χ4v) is 1.74. The molecular formula is C14H15N3O2. The molecule has 1 aromatic carbocycles. The van der Waals surface area contributed by atoms with E-state index >= 15 is 0 Å². The number of hydrogen-bond donors (Lipinski definition) is 2. The predicted octanol–water partition coefficient (Wildman–Crippen LogP) is 1.99. The van der Waals surface area contributed by atoms with E-state index in [4.69, 9.17) is 10.5 Å². The van der Waals surface area contributed by atoms with E-state index < -0.39 is 6.10 Å². The summed E-state index contributed by atoms with van der Waals surface area (Å²) in [6.07, 6.45) is 2.38. The highest BCUT2D eigenvalue weighted by Crippen LogP contribution is 2.21. The molecule has 0 aliphatic carbocycles. The number of pyridine rings is 1. The molecular weight excluding hydrogens is 242 g/mol. The number of benzene rings is 1. The lowest BCUT2D eigenvalue weighted by Gasteiger charge is -2.16. The van der Waals surface area contributed by atoms with Crippen LogP contribution in [0.25, 0.3) is 0 Å². The molecule has 19 heavy (non-hydrogen) atoms. The molecule has 2 rings (SSSR count). The minimum absolute atomic E-state index is 0.272. The number of ether oxygens (including phenoxy) is 1. The molecule has 0 spiro atoms. The molecule has 1 unspecified atom stereocenters. The van der Waals surface area contributed by atoms with Crippen LogP contribution in [0.1, 0.15) is 11.7 Å². The van der Waals surface area contributed by atoms with Crippen LogP contribution < -0.4 is 11.1 Å². The number of methoxy groups -OCH3 is 1. The molecule has 2 aromatic rings. The lowest BCUT2D eigenvalue weighted by molar-refractivity contribution is -0.126. The van der Waals surface area contributed by atoms with Crippen molar-refractivity contribution >= 4 is 17.3 Å². The van der Waals surface area contributed by atoms with Crippen LogP contribution in [0, 0.1) is 0 Å². The van der Waals surface area contributed by atoms with Crippen molar-refractivity contribution in [2.24, 2.45) is 0 Å². The zero-order valence-corrected chi connectivity index (χ0v) is 10.5. The zero-order valence-electron chi connectivity index (χ0n) is 10.5. The Morgan fingerprint density at radius 1 is 1.32 bits per heavy atom. The average Bonchev–Trinajstić information content (AvgIpc) is 2.43. The van der Waals surface area contributed by atoms with E-state index in [-0.39, 0.29) is 5.91 Å². The second-order valence-corrected chi connectivity index (χ2v) is 3.98. The summed E-state index contributed by atoms with van der Waals surface area (Å²) in [6, 6.07) is 10.9. The summed E-state index contributed by atoms with van der Waals surface area (Å²) in [5.41, 5.74) is 7.46. The third-order valence-corrected chi connectivity index (χ3v) is 2.69. The molecule has 1 amide bonds. The summed E-state index contributed by atoms with van der Waals surface area (Å²) in [7, 11) is 1.49. The Balaban J connectivity index is 2.17. The van der Waals surface area contributed by atoms with Gasteiger partial charge in [0, 0.05) is 13.3 Å². The number of aromatic nitrogens is 1. The molecule has 1 aromatic heterocycles. The Kier molecular flexibility index (Phi) is 4.10. The van der Waals surface area contributed by atoms with Gasteiger partial charge in [-0.25, -0.2) is 0 Å². The molecule has 0 bridgehead atoms. The third kappa shape index (κ3) is 3.08. The van der Waals surface area contributed by atoms with Gasteiger partial charge >= 0.3 is 0 Å². The van der Waals surface area contributed by atoms with E-state index in [2.05, 4.69) is 10.3 Å². The number of carbonyl (C=O) groups is 1. The largest absolute Gasteiger partial charge is 0.396 e. The molecule has 0 fully saturated rings. The van der Waals surface area contributed by atoms with E-state index in [0.29, 0.717) is 11.4 Å². The smallest absolute Gasteiger partial charge is 0.258 e. The fraction of sp³-hybridized carbons (Fsp3) is 0.143. The van der Waals surface area contributed by atoms with Gasteiger partial charge in [-0.05, 0) is 11.6 Å². The van der Waals surface area contributed by atoms with Gasteiger partial charge in [0.2, 0.25) is 0 Å². The molecule has 0 saturated carbocycles. The number of nitrogens with one attached hydrogen (secondary N) is 1. The Bertz CT molecular complexity index is 558. The molecule has 0 aliphatic heterocycles. The Morgan fingerprint density at radius 2 is 2.05 bits per heavy atom. The average molecular weight is 257 g/mol. The van der Waals surface area contributed by atoms with E-state index in [1.165, 1.54) is 13.3 Å². The SMILES string of the molecule is COC(C(=O)Nc1ccncc1N)c1ccccc1. The van der Waals surface area contributed by atoms with Gasteiger partial charge in [-0.15, -0.1) is 0 Å².